The van der Waals surface area contributed by atoms with Crippen LogP contribution in [0.3, 0.4) is 0 Å². The third-order valence-electron chi connectivity index (χ3n) is 2.66. The van der Waals surface area contributed by atoms with E-state index in [-0.39, 0.29) is 0 Å². The van der Waals surface area contributed by atoms with Gasteiger partial charge in [-0.05, 0) is 35.2 Å². The number of ether oxygens (including phenoxy) is 1. The second-order valence-electron chi connectivity index (χ2n) is 4.05. The standard InChI is InChI=1S/C12H17BrN4O/c1-18-8-4-2-3-5-14-11-12-15-6-7-17(12)9-10(13)16-11/h6-7,9H,2-5,8H2,1H3,(H,14,16). The van der Waals surface area contributed by atoms with Crippen molar-refractivity contribution in [2.45, 2.75) is 19.3 Å². The van der Waals surface area contributed by atoms with Crippen molar-refractivity contribution in [2.24, 2.45) is 0 Å². The first-order valence-electron chi connectivity index (χ1n) is 6.03. The average molecular weight is 313 g/mol. The van der Waals surface area contributed by atoms with Gasteiger partial charge in [0.25, 0.3) is 0 Å². The summed E-state index contributed by atoms with van der Waals surface area (Å²) < 4.78 is 7.77. The molecule has 98 valence electrons. The van der Waals surface area contributed by atoms with Crippen LogP contribution in [-0.2, 0) is 4.74 Å². The predicted molar refractivity (Wildman–Crippen MR) is 74.9 cm³/mol. The molecule has 0 aliphatic carbocycles. The van der Waals surface area contributed by atoms with Crippen molar-refractivity contribution in [3.8, 4) is 0 Å². The fourth-order valence-electron chi connectivity index (χ4n) is 1.77. The maximum atomic E-state index is 5.02. The average Bonchev–Trinajstić information content (AvgIpc) is 2.81. The molecule has 1 N–H and O–H groups in total. The Labute approximate surface area is 115 Å². The van der Waals surface area contributed by atoms with Gasteiger partial charge in [-0.3, -0.25) is 0 Å². The summed E-state index contributed by atoms with van der Waals surface area (Å²) in [5, 5.41) is 3.33. The van der Waals surface area contributed by atoms with E-state index in [1.54, 1.807) is 13.3 Å². The third-order valence-corrected chi connectivity index (χ3v) is 3.04. The molecule has 0 fully saturated rings. The highest BCUT2D eigenvalue weighted by Gasteiger charge is 2.05. The number of aromatic nitrogens is 3. The summed E-state index contributed by atoms with van der Waals surface area (Å²) in [6.45, 7) is 1.73. The van der Waals surface area contributed by atoms with Crippen molar-refractivity contribution in [2.75, 3.05) is 25.6 Å². The van der Waals surface area contributed by atoms with Gasteiger partial charge >= 0.3 is 0 Å². The number of nitrogens with zero attached hydrogens (tertiary/aromatic N) is 3. The lowest BCUT2D eigenvalue weighted by molar-refractivity contribution is 0.192. The Morgan fingerprint density at radius 2 is 2.28 bits per heavy atom. The Kier molecular flexibility index (Phi) is 4.95. The highest BCUT2D eigenvalue weighted by Crippen LogP contribution is 2.16. The van der Waals surface area contributed by atoms with Crippen LogP contribution in [0, 0.1) is 0 Å². The van der Waals surface area contributed by atoms with E-state index in [0.29, 0.717) is 0 Å². The maximum absolute atomic E-state index is 5.02. The SMILES string of the molecule is COCCCCCNc1nc(Br)cn2ccnc12. The van der Waals surface area contributed by atoms with Gasteiger partial charge in [0.2, 0.25) is 0 Å². The van der Waals surface area contributed by atoms with E-state index in [0.717, 1.165) is 48.5 Å². The minimum absolute atomic E-state index is 0.801. The van der Waals surface area contributed by atoms with Crippen LogP contribution in [0.5, 0.6) is 0 Å². The number of imidazole rings is 1. The first-order chi connectivity index (χ1) is 8.81. The number of rotatable bonds is 7. The van der Waals surface area contributed by atoms with E-state index in [1.807, 2.05) is 16.8 Å². The molecule has 2 aromatic heterocycles. The predicted octanol–water partition coefficient (Wildman–Crippen LogP) is 2.72. The Morgan fingerprint density at radius 1 is 1.39 bits per heavy atom. The lowest BCUT2D eigenvalue weighted by Crippen LogP contribution is -2.06. The molecular weight excluding hydrogens is 296 g/mol. The van der Waals surface area contributed by atoms with E-state index in [2.05, 4.69) is 31.2 Å². The second-order valence-corrected chi connectivity index (χ2v) is 4.86. The van der Waals surface area contributed by atoms with Crippen molar-refractivity contribution in [1.29, 1.82) is 0 Å². The highest BCUT2D eigenvalue weighted by molar-refractivity contribution is 9.10. The summed E-state index contributed by atoms with van der Waals surface area (Å²) in [7, 11) is 1.73. The fraction of sp³-hybridized carbons (Fsp3) is 0.500. The van der Waals surface area contributed by atoms with Crippen molar-refractivity contribution in [3.05, 3.63) is 23.2 Å². The van der Waals surface area contributed by atoms with Gasteiger partial charge in [0, 0.05) is 38.9 Å². The normalized spacial score (nSPS) is 11.0. The van der Waals surface area contributed by atoms with E-state index < -0.39 is 0 Å². The van der Waals surface area contributed by atoms with Crippen LogP contribution in [-0.4, -0.2) is 34.6 Å². The Bertz CT molecular complexity index is 500. The summed E-state index contributed by atoms with van der Waals surface area (Å²) in [6.07, 6.45) is 8.93. The smallest absolute Gasteiger partial charge is 0.180 e. The molecular formula is C12H17BrN4O. The molecule has 2 heterocycles. The zero-order valence-corrected chi connectivity index (χ0v) is 12.0. The molecule has 0 unspecified atom stereocenters. The second kappa shape index (κ2) is 6.70. The molecule has 0 aliphatic rings. The zero-order valence-electron chi connectivity index (χ0n) is 10.4. The van der Waals surface area contributed by atoms with Gasteiger partial charge < -0.3 is 14.5 Å². The molecule has 6 heteroatoms. The van der Waals surface area contributed by atoms with Gasteiger partial charge in [0.1, 0.15) is 4.60 Å². The van der Waals surface area contributed by atoms with Gasteiger partial charge in [0.15, 0.2) is 11.5 Å². The molecule has 0 saturated carbocycles. The number of methoxy groups -OCH3 is 1. The van der Waals surface area contributed by atoms with Crippen LogP contribution in [0.15, 0.2) is 23.2 Å². The Hall–Kier alpha value is -1.14. The third kappa shape index (κ3) is 3.43. The van der Waals surface area contributed by atoms with Gasteiger partial charge in [-0.15, -0.1) is 0 Å². The van der Waals surface area contributed by atoms with Crippen LogP contribution >= 0.6 is 15.9 Å². The first-order valence-corrected chi connectivity index (χ1v) is 6.82. The van der Waals surface area contributed by atoms with Crippen LogP contribution in [0.2, 0.25) is 0 Å². The molecule has 0 aromatic carbocycles. The van der Waals surface area contributed by atoms with Crippen LogP contribution in [0.1, 0.15) is 19.3 Å². The van der Waals surface area contributed by atoms with Crippen molar-refractivity contribution in [1.82, 2.24) is 14.4 Å². The largest absolute Gasteiger partial charge is 0.385 e. The van der Waals surface area contributed by atoms with E-state index in [1.165, 1.54) is 0 Å². The van der Waals surface area contributed by atoms with Crippen molar-refractivity contribution < 1.29 is 4.74 Å². The molecule has 2 aromatic rings. The molecule has 2 rings (SSSR count). The van der Waals surface area contributed by atoms with Crippen LogP contribution < -0.4 is 5.32 Å². The molecule has 0 amide bonds. The number of anilines is 1. The lowest BCUT2D eigenvalue weighted by atomic mass is 10.2. The van der Waals surface area contributed by atoms with Crippen molar-refractivity contribution in [3.63, 3.8) is 0 Å². The molecule has 0 aliphatic heterocycles. The van der Waals surface area contributed by atoms with E-state index >= 15 is 0 Å². The molecule has 5 nitrogen and oxygen atoms in total. The molecule has 0 saturated heterocycles. The monoisotopic (exact) mass is 312 g/mol. The zero-order chi connectivity index (χ0) is 12.8. The van der Waals surface area contributed by atoms with Crippen LogP contribution in [0.25, 0.3) is 5.65 Å². The Morgan fingerprint density at radius 3 is 3.11 bits per heavy atom. The molecule has 0 bridgehead atoms. The molecule has 0 spiro atoms. The van der Waals surface area contributed by atoms with Gasteiger partial charge in [0.05, 0.1) is 0 Å². The number of fused-ring (bicyclic) bond motifs is 1. The van der Waals surface area contributed by atoms with E-state index in [4.69, 9.17) is 4.74 Å². The Balaban J connectivity index is 1.89. The number of halogens is 1. The fourth-order valence-corrected chi connectivity index (χ4v) is 2.17. The van der Waals surface area contributed by atoms with Crippen LogP contribution in [0.4, 0.5) is 5.82 Å². The van der Waals surface area contributed by atoms with Gasteiger partial charge in [-0.2, -0.15) is 0 Å². The maximum Gasteiger partial charge on any atom is 0.180 e. The summed E-state index contributed by atoms with van der Waals surface area (Å²) >= 11 is 3.39. The summed E-state index contributed by atoms with van der Waals surface area (Å²) in [5.74, 6) is 0.820. The quantitative estimate of drug-likeness (QED) is 0.799. The number of hydrogen-bond acceptors (Lipinski definition) is 4. The number of nitrogens with one attached hydrogen (secondary N) is 1. The lowest BCUT2D eigenvalue weighted by Gasteiger charge is -2.07. The summed E-state index contributed by atoms with van der Waals surface area (Å²) in [5.41, 5.74) is 0.857. The van der Waals surface area contributed by atoms with E-state index in [9.17, 15) is 0 Å². The first kappa shape index (κ1) is 13.3. The molecule has 0 atom stereocenters. The van der Waals surface area contributed by atoms with Gasteiger partial charge in [-0.1, -0.05) is 0 Å². The minimum atomic E-state index is 0.801. The highest BCUT2D eigenvalue weighted by atomic mass is 79.9. The molecule has 18 heavy (non-hydrogen) atoms. The minimum Gasteiger partial charge on any atom is -0.385 e. The van der Waals surface area contributed by atoms with Crippen molar-refractivity contribution >= 4 is 27.4 Å². The number of unbranched alkanes of at least 4 members (excludes halogenated alkanes) is 2. The van der Waals surface area contributed by atoms with Gasteiger partial charge in [-0.25, -0.2) is 9.97 Å². The molecule has 0 radical (unpaired) electrons. The summed E-state index contributed by atoms with van der Waals surface area (Å²) in [4.78, 5) is 8.69. The topological polar surface area (TPSA) is 51.5 Å². The summed E-state index contributed by atoms with van der Waals surface area (Å²) in [6, 6.07) is 0. The number of hydrogen-bond donors (Lipinski definition) is 1.